The second kappa shape index (κ2) is 8.75. The van der Waals surface area contributed by atoms with Crippen LogP contribution in [0.2, 0.25) is 0 Å². The molecule has 2 aromatic rings. The van der Waals surface area contributed by atoms with Crippen LogP contribution in [-0.2, 0) is 10.2 Å². The van der Waals surface area contributed by atoms with Gasteiger partial charge in [-0.1, -0.05) is 56.7 Å². The van der Waals surface area contributed by atoms with Crippen molar-refractivity contribution in [1.82, 2.24) is 5.32 Å². The van der Waals surface area contributed by atoms with Crippen molar-refractivity contribution in [1.29, 1.82) is 0 Å². The summed E-state index contributed by atoms with van der Waals surface area (Å²) in [5, 5.41) is 2.82. The molecule has 0 aliphatic carbocycles. The molecule has 0 atom stereocenters. The van der Waals surface area contributed by atoms with Crippen LogP contribution >= 0.6 is 0 Å². The molecule has 4 nitrogen and oxygen atoms in total. The fraction of sp³-hybridized carbons (Fsp3) is 0.409. The Morgan fingerprint density at radius 2 is 1.73 bits per heavy atom. The van der Waals surface area contributed by atoms with Crippen molar-refractivity contribution >= 4 is 5.91 Å². The van der Waals surface area contributed by atoms with Crippen LogP contribution in [0.1, 0.15) is 37.5 Å². The van der Waals surface area contributed by atoms with E-state index in [0.29, 0.717) is 13.2 Å². The Morgan fingerprint density at radius 3 is 2.42 bits per heavy atom. The maximum Gasteiger partial charge on any atom is 0.258 e. The summed E-state index contributed by atoms with van der Waals surface area (Å²) in [4.78, 5) is 11.9. The van der Waals surface area contributed by atoms with E-state index in [1.807, 2.05) is 50.2 Å². The predicted molar refractivity (Wildman–Crippen MR) is 105 cm³/mol. The minimum absolute atomic E-state index is 0.00246. The summed E-state index contributed by atoms with van der Waals surface area (Å²) in [7, 11) is 0. The lowest BCUT2D eigenvalue weighted by molar-refractivity contribution is -0.123. The van der Waals surface area contributed by atoms with Crippen LogP contribution in [0.4, 0.5) is 0 Å². The summed E-state index contributed by atoms with van der Waals surface area (Å²) in [5.41, 5.74) is 3.37. The number of ether oxygens (including phenoxy) is 2. The first-order valence-electron chi connectivity index (χ1n) is 8.96. The summed E-state index contributed by atoms with van der Waals surface area (Å²) < 4.78 is 11.4. The second-order valence-electron chi connectivity index (χ2n) is 7.50. The summed E-state index contributed by atoms with van der Waals surface area (Å²) >= 11 is 0. The molecule has 0 fully saturated rings. The van der Waals surface area contributed by atoms with E-state index in [1.54, 1.807) is 0 Å². The van der Waals surface area contributed by atoms with Crippen molar-refractivity contribution in [3.63, 3.8) is 0 Å². The fourth-order valence-corrected chi connectivity index (χ4v) is 2.72. The third kappa shape index (κ3) is 5.80. The molecule has 0 saturated carbocycles. The predicted octanol–water partition coefficient (Wildman–Crippen LogP) is 4.17. The zero-order valence-electron chi connectivity index (χ0n) is 16.4. The van der Waals surface area contributed by atoms with Gasteiger partial charge < -0.3 is 14.8 Å². The first-order valence-corrected chi connectivity index (χ1v) is 8.96. The highest BCUT2D eigenvalue weighted by molar-refractivity contribution is 5.77. The van der Waals surface area contributed by atoms with Crippen LogP contribution in [0.25, 0.3) is 0 Å². The third-order valence-corrected chi connectivity index (χ3v) is 4.07. The molecule has 1 amide bonds. The molecule has 0 bridgehead atoms. The Hall–Kier alpha value is -2.49. The van der Waals surface area contributed by atoms with E-state index in [9.17, 15) is 4.79 Å². The summed E-state index contributed by atoms with van der Waals surface area (Å²) in [6, 6.07) is 13.9. The van der Waals surface area contributed by atoms with Crippen molar-refractivity contribution in [2.24, 2.45) is 0 Å². The molecular formula is C22H29NO3. The number of para-hydroxylation sites is 1. The first-order chi connectivity index (χ1) is 12.3. The fourth-order valence-electron chi connectivity index (χ4n) is 2.72. The Bertz CT molecular complexity index is 747. The second-order valence-corrected chi connectivity index (χ2v) is 7.50. The van der Waals surface area contributed by atoms with Crippen LogP contribution < -0.4 is 14.8 Å². The van der Waals surface area contributed by atoms with Crippen LogP contribution in [0.15, 0.2) is 42.5 Å². The van der Waals surface area contributed by atoms with Crippen LogP contribution in [0.3, 0.4) is 0 Å². The average molecular weight is 355 g/mol. The van der Waals surface area contributed by atoms with Gasteiger partial charge in [0.25, 0.3) is 5.91 Å². The highest BCUT2D eigenvalue weighted by Gasteiger charge is 2.18. The molecule has 0 radical (unpaired) electrons. The lowest BCUT2D eigenvalue weighted by atomic mass is 9.86. The Balaban J connectivity index is 1.76. The first kappa shape index (κ1) is 19.8. The van der Waals surface area contributed by atoms with E-state index < -0.39 is 0 Å². The number of hydrogen-bond donors (Lipinski definition) is 1. The van der Waals surface area contributed by atoms with Crippen molar-refractivity contribution in [3.05, 3.63) is 59.2 Å². The number of amides is 1. The van der Waals surface area contributed by atoms with E-state index in [1.165, 1.54) is 5.56 Å². The Kier molecular flexibility index (Phi) is 6.67. The molecule has 1 N–H and O–H groups in total. The van der Waals surface area contributed by atoms with Crippen LogP contribution in [0, 0.1) is 13.8 Å². The minimum Gasteiger partial charge on any atom is -0.491 e. The zero-order chi connectivity index (χ0) is 19.2. The number of hydrogen-bond acceptors (Lipinski definition) is 3. The van der Waals surface area contributed by atoms with Crippen molar-refractivity contribution in [2.45, 2.75) is 40.0 Å². The largest absolute Gasteiger partial charge is 0.491 e. The maximum absolute atomic E-state index is 11.9. The van der Waals surface area contributed by atoms with Gasteiger partial charge in [0, 0.05) is 0 Å². The normalized spacial score (nSPS) is 11.1. The molecule has 140 valence electrons. The molecular weight excluding hydrogens is 326 g/mol. The smallest absolute Gasteiger partial charge is 0.258 e. The van der Waals surface area contributed by atoms with Gasteiger partial charge in [0.05, 0.1) is 6.54 Å². The Morgan fingerprint density at radius 1 is 1.00 bits per heavy atom. The molecule has 0 saturated heterocycles. The lowest BCUT2D eigenvalue weighted by Gasteiger charge is -2.22. The summed E-state index contributed by atoms with van der Waals surface area (Å²) in [5.74, 6) is 1.44. The van der Waals surface area contributed by atoms with E-state index >= 15 is 0 Å². The van der Waals surface area contributed by atoms with Gasteiger partial charge in [-0.05, 0) is 42.5 Å². The highest BCUT2D eigenvalue weighted by atomic mass is 16.5. The summed E-state index contributed by atoms with van der Waals surface area (Å²) in [6.07, 6.45) is 0. The average Bonchev–Trinajstić information content (AvgIpc) is 2.57. The van der Waals surface area contributed by atoms with E-state index in [4.69, 9.17) is 9.47 Å². The number of carbonyl (C=O) groups excluding carboxylic acids is 1. The number of rotatable bonds is 7. The molecule has 0 spiro atoms. The topological polar surface area (TPSA) is 47.6 Å². The third-order valence-electron chi connectivity index (χ3n) is 4.07. The van der Waals surface area contributed by atoms with Gasteiger partial charge in [-0.2, -0.15) is 0 Å². The molecule has 0 aromatic heterocycles. The van der Waals surface area contributed by atoms with Crippen molar-refractivity contribution < 1.29 is 14.3 Å². The number of nitrogens with one attached hydrogen (secondary N) is 1. The molecule has 0 heterocycles. The molecule has 0 aliphatic heterocycles. The van der Waals surface area contributed by atoms with Crippen LogP contribution in [-0.4, -0.2) is 25.7 Å². The molecule has 0 unspecified atom stereocenters. The lowest BCUT2D eigenvalue weighted by Crippen LogP contribution is -2.32. The number of aryl methyl sites for hydroxylation is 2. The van der Waals surface area contributed by atoms with Gasteiger partial charge in [-0.25, -0.2) is 0 Å². The monoisotopic (exact) mass is 355 g/mol. The number of benzene rings is 2. The quantitative estimate of drug-likeness (QED) is 0.758. The van der Waals surface area contributed by atoms with Gasteiger partial charge >= 0.3 is 0 Å². The summed E-state index contributed by atoms with van der Waals surface area (Å²) in [6.45, 7) is 11.3. The SMILES string of the molecule is Cc1ccc(OCC(=O)NCCOc2ccccc2C(C)(C)C)c(C)c1. The van der Waals surface area contributed by atoms with E-state index in [-0.39, 0.29) is 17.9 Å². The van der Waals surface area contributed by atoms with Gasteiger partial charge in [0.15, 0.2) is 6.61 Å². The molecule has 2 rings (SSSR count). The molecule has 2 aromatic carbocycles. The molecule has 26 heavy (non-hydrogen) atoms. The van der Waals surface area contributed by atoms with Gasteiger partial charge in [-0.15, -0.1) is 0 Å². The highest BCUT2D eigenvalue weighted by Crippen LogP contribution is 2.30. The zero-order valence-corrected chi connectivity index (χ0v) is 16.4. The number of carbonyl (C=O) groups is 1. The molecule has 0 aliphatic rings. The maximum atomic E-state index is 11.9. The van der Waals surface area contributed by atoms with E-state index in [2.05, 4.69) is 32.2 Å². The van der Waals surface area contributed by atoms with Gasteiger partial charge in [-0.3, -0.25) is 4.79 Å². The minimum atomic E-state index is -0.155. The van der Waals surface area contributed by atoms with Gasteiger partial charge in [0.1, 0.15) is 18.1 Å². The molecule has 4 heteroatoms. The van der Waals surface area contributed by atoms with Crippen LogP contribution in [0.5, 0.6) is 11.5 Å². The van der Waals surface area contributed by atoms with Crippen molar-refractivity contribution in [2.75, 3.05) is 19.8 Å². The Labute approximate surface area is 156 Å². The van der Waals surface area contributed by atoms with Gasteiger partial charge in [0.2, 0.25) is 0 Å². The van der Waals surface area contributed by atoms with E-state index in [0.717, 1.165) is 22.6 Å². The van der Waals surface area contributed by atoms with Crippen molar-refractivity contribution in [3.8, 4) is 11.5 Å². The standard InChI is InChI=1S/C22H29NO3/c1-16-10-11-19(17(2)14-16)26-15-21(24)23-12-13-25-20-9-7-6-8-18(20)22(3,4)5/h6-11,14H,12-13,15H2,1-5H3,(H,23,24).